The van der Waals surface area contributed by atoms with Crippen LogP contribution in [0.1, 0.15) is 31.2 Å². The van der Waals surface area contributed by atoms with Gasteiger partial charge >= 0.3 is 0 Å². The van der Waals surface area contributed by atoms with Gasteiger partial charge in [0.25, 0.3) is 0 Å². The average Bonchev–Trinajstić information content (AvgIpc) is 3.01. The minimum absolute atomic E-state index is 0.141. The molecule has 0 atom stereocenters. The maximum Gasteiger partial charge on any atom is 0.146 e. The minimum Gasteiger partial charge on any atom is -0.367 e. The lowest BCUT2D eigenvalue weighted by Crippen LogP contribution is -2.50. The maximum atomic E-state index is 14.1. The Morgan fingerprint density at radius 3 is 2.40 bits per heavy atom. The molecule has 1 heterocycles. The summed E-state index contributed by atoms with van der Waals surface area (Å²) in [6.07, 6.45) is 5.44. The van der Waals surface area contributed by atoms with Gasteiger partial charge in [0.1, 0.15) is 5.82 Å². The Morgan fingerprint density at radius 2 is 1.80 bits per heavy atom. The van der Waals surface area contributed by atoms with E-state index < -0.39 is 0 Å². The van der Waals surface area contributed by atoms with Crippen molar-refractivity contribution >= 4 is 17.3 Å². The van der Waals surface area contributed by atoms with Gasteiger partial charge in [0.2, 0.25) is 0 Å². The standard InChI is InChI=1S/C16H22ClFN2/c17-12-13-5-6-16(15(18)11-13)20-9-7-19(8-10-20)14-3-1-2-4-14/h5-6,11,14H,1-4,7-10,12H2. The molecule has 0 amide bonds. The summed E-state index contributed by atoms with van der Waals surface area (Å²) < 4.78 is 14.1. The largest absolute Gasteiger partial charge is 0.367 e. The first-order valence-electron chi connectivity index (χ1n) is 7.61. The molecule has 3 rings (SSSR count). The van der Waals surface area contributed by atoms with Gasteiger partial charge in [-0.15, -0.1) is 11.6 Å². The molecule has 110 valence electrons. The molecular weight excluding hydrogens is 275 g/mol. The van der Waals surface area contributed by atoms with E-state index in [0.29, 0.717) is 5.88 Å². The quantitative estimate of drug-likeness (QED) is 0.786. The second-order valence-electron chi connectivity index (χ2n) is 5.88. The fourth-order valence-corrected chi connectivity index (χ4v) is 3.65. The topological polar surface area (TPSA) is 6.48 Å². The second kappa shape index (κ2) is 6.31. The van der Waals surface area contributed by atoms with Crippen molar-refractivity contribution in [2.24, 2.45) is 0 Å². The molecular formula is C16H22ClFN2. The lowest BCUT2D eigenvalue weighted by atomic mass is 10.1. The SMILES string of the molecule is Fc1cc(CCl)ccc1N1CCN(C2CCCC2)CC1. The van der Waals surface area contributed by atoms with Crippen molar-refractivity contribution in [2.45, 2.75) is 37.6 Å². The van der Waals surface area contributed by atoms with E-state index in [-0.39, 0.29) is 5.82 Å². The van der Waals surface area contributed by atoms with Gasteiger partial charge in [-0.1, -0.05) is 18.9 Å². The lowest BCUT2D eigenvalue weighted by molar-refractivity contribution is 0.187. The molecule has 0 spiro atoms. The lowest BCUT2D eigenvalue weighted by Gasteiger charge is -2.39. The van der Waals surface area contributed by atoms with Crippen molar-refractivity contribution < 1.29 is 4.39 Å². The van der Waals surface area contributed by atoms with Crippen LogP contribution in [0.5, 0.6) is 0 Å². The Hall–Kier alpha value is -0.800. The third kappa shape index (κ3) is 2.94. The Morgan fingerprint density at radius 1 is 1.10 bits per heavy atom. The molecule has 1 aliphatic carbocycles. The van der Waals surface area contributed by atoms with Crippen LogP contribution in [-0.4, -0.2) is 37.1 Å². The average molecular weight is 297 g/mol. The van der Waals surface area contributed by atoms with Crippen molar-refractivity contribution in [3.05, 3.63) is 29.6 Å². The van der Waals surface area contributed by atoms with Gasteiger partial charge in [-0.2, -0.15) is 0 Å². The van der Waals surface area contributed by atoms with Gasteiger partial charge in [0, 0.05) is 38.1 Å². The summed E-state index contributed by atoms with van der Waals surface area (Å²) in [7, 11) is 0. The molecule has 1 aliphatic heterocycles. The zero-order valence-electron chi connectivity index (χ0n) is 11.8. The molecule has 1 saturated carbocycles. The van der Waals surface area contributed by atoms with Gasteiger partial charge in [-0.25, -0.2) is 4.39 Å². The molecule has 0 aromatic heterocycles. The van der Waals surface area contributed by atoms with E-state index in [1.54, 1.807) is 6.07 Å². The molecule has 2 aliphatic rings. The highest BCUT2D eigenvalue weighted by Gasteiger charge is 2.26. The van der Waals surface area contributed by atoms with Crippen LogP contribution in [0.2, 0.25) is 0 Å². The normalized spacial score (nSPS) is 21.6. The first-order chi connectivity index (χ1) is 9.78. The third-order valence-corrected chi connectivity index (χ3v) is 4.97. The van der Waals surface area contributed by atoms with Crippen LogP contribution in [0, 0.1) is 5.82 Å². The van der Waals surface area contributed by atoms with Gasteiger partial charge < -0.3 is 4.90 Å². The Balaban J connectivity index is 1.62. The molecule has 0 N–H and O–H groups in total. The summed E-state index contributed by atoms with van der Waals surface area (Å²) in [4.78, 5) is 4.76. The number of nitrogens with zero attached hydrogens (tertiary/aromatic N) is 2. The molecule has 1 aromatic rings. The maximum absolute atomic E-state index is 14.1. The van der Waals surface area contributed by atoms with Crippen molar-refractivity contribution in [2.75, 3.05) is 31.1 Å². The van der Waals surface area contributed by atoms with Crippen LogP contribution in [0.25, 0.3) is 0 Å². The number of halogens is 2. The molecule has 0 radical (unpaired) electrons. The molecule has 20 heavy (non-hydrogen) atoms. The smallest absolute Gasteiger partial charge is 0.146 e. The van der Waals surface area contributed by atoms with Crippen LogP contribution >= 0.6 is 11.6 Å². The highest BCUT2D eigenvalue weighted by atomic mass is 35.5. The number of rotatable bonds is 3. The first kappa shape index (κ1) is 14.2. The summed E-state index contributed by atoms with van der Waals surface area (Å²) in [6, 6.07) is 6.14. The van der Waals surface area contributed by atoms with Crippen molar-refractivity contribution in [1.82, 2.24) is 4.90 Å². The molecule has 0 unspecified atom stereocenters. The van der Waals surface area contributed by atoms with E-state index in [2.05, 4.69) is 9.80 Å². The molecule has 2 fully saturated rings. The number of hydrogen-bond acceptors (Lipinski definition) is 2. The van der Waals surface area contributed by atoms with Crippen molar-refractivity contribution in [1.29, 1.82) is 0 Å². The number of benzene rings is 1. The molecule has 0 bridgehead atoms. The van der Waals surface area contributed by atoms with Crippen LogP contribution in [0.4, 0.5) is 10.1 Å². The van der Waals surface area contributed by atoms with E-state index in [0.717, 1.165) is 43.5 Å². The predicted octanol–water partition coefficient (Wildman–Crippen LogP) is 3.63. The predicted molar refractivity (Wildman–Crippen MR) is 82.0 cm³/mol. The van der Waals surface area contributed by atoms with Crippen LogP contribution in [-0.2, 0) is 5.88 Å². The fraction of sp³-hybridized carbons (Fsp3) is 0.625. The van der Waals surface area contributed by atoms with Gasteiger partial charge in [0.05, 0.1) is 5.69 Å². The number of anilines is 1. The van der Waals surface area contributed by atoms with Crippen LogP contribution in [0.15, 0.2) is 18.2 Å². The second-order valence-corrected chi connectivity index (χ2v) is 6.15. The molecule has 1 saturated heterocycles. The van der Waals surface area contributed by atoms with Gasteiger partial charge in [0.15, 0.2) is 0 Å². The third-order valence-electron chi connectivity index (χ3n) is 4.66. The zero-order chi connectivity index (χ0) is 13.9. The van der Waals surface area contributed by atoms with Crippen molar-refractivity contribution in [3.63, 3.8) is 0 Å². The Kier molecular flexibility index (Phi) is 4.47. The number of alkyl halides is 1. The van der Waals surface area contributed by atoms with Crippen molar-refractivity contribution in [3.8, 4) is 0 Å². The van der Waals surface area contributed by atoms with Crippen LogP contribution in [0.3, 0.4) is 0 Å². The van der Waals surface area contributed by atoms with Gasteiger partial charge in [-0.05, 0) is 30.5 Å². The summed E-state index contributed by atoms with van der Waals surface area (Å²) in [6.45, 7) is 3.96. The summed E-state index contributed by atoms with van der Waals surface area (Å²) in [5.41, 5.74) is 1.57. The Labute approximate surface area is 125 Å². The summed E-state index contributed by atoms with van der Waals surface area (Å²) in [5, 5.41) is 0. The first-order valence-corrected chi connectivity index (χ1v) is 8.15. The highest BCUT2D eigenvalue weighted by molar-refractivity contribution is 6.17. The van der Waals surface area contributed by atoms with E-state index in [9.17, 15) is 4.39 Å². The van der Waals surface area contributed by atoms with E-state index in [1.807, 2.05) is 12.1 Å². The summed E-state index contributed by atoms with van der Waals surface area (Å²) in [5.74, 6) is 0.226. The monoisotopic (exact) mass is 296 g/mol. The fourth-order valence-electron chi connectivity index (χ4n) is 3.49. The number of piperazine rings is 1. The van der Waals surface area contributed by atoms with E-state index in [1.165, 1.54) is 25.7 Å². The molecule has 2 nitrogen and oxygen atoms in total. The Bertz CT molecular complexity index is 452. The minimum atomic E-state index is -0.141. The summed E-state index contributed by atoms with van der Waals surface area (Å²) >= 11 is 5.74. The van der Waals surface area contributed by atoms with Crippen LogP contribution < -0.4 is 4.90 Å². The zero-order valence-corrected chi connectivity index (χ0v) is 12.6. The molecule has 4 heteroatoms. The highest BCUT2D eigenvalue weighted by Crippen LogP contribution is 2.27. The molecule has 1 aromatic carbocycles. The number of hydrogen-bond donors (Lipinski definition) is 0. The van der Waals surface area contributed by atoms with E-state index >= 15 is 0 Å². The van der Waals surface area contributed by atoms with E-state index in [4.69, 9.17) is 11.6 Å². The van der Waals surface area contributed by atoms with Gasteiger partial charge in [-0.3, -0.25) is 4.90 Å².